The molecule has 9 nitrogen and oxygen atoms in total. The minimum atomic E-state index is -3.45. The molecule has 140 valence electrons. The Kier molecular flexibility index (Phi) is 5.08. The number of benzene rings is 1. The fraction of sp³-hybridized carbons (Fsp3) is 0.438. The summed E-state index contributed by atoms with van der Waals surface area (Å²) in [5.41, 5.74) is 1.20. The molecule has 1 aliphatic heterocycles. The van der Waals surface area contributed by atoms with Gasteiger partial charge in [-0.2, -0.15) is 0 Å². The number of aliphatic hydroxyl groups is 1. The lowest BCUT2D eigenvalue weighted by Gasteiger charge is -2.18. The van der Waals surface area contributed by atoms with Gasteiger partial charge in [0.1, 0.15) is 12.7 Å². The number of nitrogens with zero attached hydrogens (tertiary/aromatic N) is 5. The lowest BCUT2D eigenvalue weighted by atomic mass is 10.1. The van der Waals surface area contributed by atoms with Crippen molar-refractivity contribution in [3.8, 4) is 5.69 Å². The Bertz CT molecular complexity index is 882. The number of carbonyl (C=O) groups is 1. The Balaban J connectivity index is 1.74. The van der Waals surface area contributed by atoms with E-state index in [9.17, 15) is 18.3 Å². The molecule has 1 aromatic heterocycles. The quantitative estimate of drug-likeness (QED) is 0.757. The first-order valence-corrected chi connectivity index (χ1v) is 9.71. The first kappa shape index (κ1) is 18.5. The summed E-state index contributed by atoms with van der Waals surface area (Å²) in [5.74, 6) is -0.942. The fourth-order valence-electron chi connectivity index (χ4n) is 2.92. The highest BCUT2D eigenvalue weighted by Gasteiger charge is 2.37. The van der Waals surface area contributed by atoms with E-state index in [2.05, 4.69) is 10.2 Å². The van der Waals surface area contributed by atoms with Gasteiger partial charge in [-0.15, -0.1) is 10.2 Å². The zero-order chi connectivity index (χ0) is 18.9. The molecule has 26 heavy (non-hydrogen) atoms. The maximum absolute atomic E-state index is 12.8. The second kappa shape index (κ2) is 7.14. The molecule has 0 saturated carbocycles. The zero-order valence-corrected chi connectivity index (χ0v) is 15.4. The Morgan fingerprint density at radius 3 is 2.62 bits per heavy atom. The van der Waals surface area contributed by atoms with Crippen LogP contribution in [0, 0.1) is 5.92 Å². The van der Waals surface area contributed by atoms with E-state index in [4.69, 9.17) is 0 Å². The van der Waals surface area contributed by atoms with Crippen molar-refractivity contribution in [3.05, 3.63) is 42.5 Å². The highest BCUT2D eigenvalue weighted by molar-refractivity contribution is 7.89. The molecule has 1 fully saturated rings. The number of rotatable bonds is 5. The summed E-state index contributed by atoms with van der Waals surface area (Å²) < 4.78 is 26.9. The molecule has 0 radical (unpaired) electrons. The third kappa shape index (κ3) is 3.76. The molecule has 10 heteroatoms. The molecule has 2 heterocycles. The van der Waals surface area contributed by atoms with Crippen LogP contribution >= 0.6 is 0 Å². The third-order valence-corrected chi connectivity index (χ3v) is 6.45. The number of carbonyl (C=O) groups excluding carboxylic acids is 1. The van der Waals surface area contributed by atoms with Gasteiger partial charge in [0.15, 0.2) is 0 Å². The minimum Gasteiger partial charge on any atom is -0.391 e. The molecule has 0 spiro atoms. The van der Waals surface area contributed by atoms with Gasteiger partial charge in [-0.25, -0.2) is 12.7 Å². The number of hydrogen-bond acceptors (Lipinski definition) is 6. The molecule has 2 aromatic rings. The normalized spacial score (nSPS) is 20.7. The molecule has 1 saturated heterocycles. The molecular weight excluding hydrogens is 358 g/mol. The lowest BCUT2D eigenvalue weighted by molar-refractivity contribution is 0.0764. The van der Waals surface area contributed by atoms with Crippen LogP contribution in [0.15, 0.2) is 36.9 Å². The number of β-amino-alcohol motifs (C(OH)–C–C–N with tert-alkyl or cyclic N) is 1. The van der Waals surface area contributed by atoms with Crippen molar-refractivity contribution in [2.75, 3.05) is 32.9 Å². The Morgan fingerprint density at radius 1 is 1.27 bits per heavy atom. The van der Waals surface area contributed by atoms with E-state index in [1.165, 1.54) is 31.6 Å². The maximum Gasteiger partial charge on any atom is 0.254 e. The standard InChI is InChI=1S/C16H21N5O4S/c1-19(2)26(24,25)9-13-7-20(8-15(13)22)16(23)12-4-3-5-14(6-12)21-10-17-18-11-21/h3-6,10-11,13,15,22H,7-9H2,1-2H3/t13-,15-/m0/s1. The SMILES string of the molecule is CN(C)S(=O)(=O)C[C@@H]1CN(C(=O)c2cccc(-n3cnnc3)c2)C[C@@H]1O. The van der Waals surface area contributed by atoms with Crippen molar-refractivity contribution in [2.24, 2.45) is 5.92 Å². The summed E-state index contributed by atoms with van der Waals surface area (Å²) in [4.78, 5) is 14.3. The van der Waals surface area contributed by atoms with Crippen molar-refractivity contribution in [1.82, 2.24) is 24.0 Å². The van der Waals surface area contributed by atoms with Crippen LogP contribution in [0.25, 0.3) is 5.69 Å². The van der Waals surface area contributed by atoms with Gasteiger partial charge in [0.25, 0.3) is 5.91 Å². The molecule has 0 aliphatic carbocycles. The van der Waals surface area contributed by atoms with Gasteiger partial charge < -0.3 is 10.0 Å². The van der Waals surface area contributed by atoms with E-state index in [0.717, 1.165) is 9.99 Å². The van der Waals surface area contributed by atoms with Crippen LogP contribution in [0.2, 0.25) is 0 Å². The molecule has 1 amide bonds. The van der Waals surface area contributed by atoms with Crippen LogP contribution in [0.1, 0.15) is 10.4 Å². The molecule has 0 bridgehead atoms. The topological polar surface area (TPSA) is 109 Å². The predicted octanol–water partition coefficient (Wildman–Crippen LogP) is -0.408. The van der Waals surface area contributed by atoms with Crippen LogP contribution in [0.4, 0.5) is 0 Å². The van der Waals surface area contributed by atoms with Crippen molar-refractivity contribution >= 4 is 15.9 Å². The smallest absolute Gasteiger partial charge is 0.254 e. The summed E-state index contributed by atoms with van der Waals surface area (Å²) in [6.07, 6.45) is 2.20. The van der Waals surface area contributed by atoms with Crippen molar-refractivity contribution in [2.45, 2.75) is 6.10 Å². The average molecular weight is 379 g/mol. The maximum atomic E-state index is 12.8. The van der Waals surface area contributed by atoms with Gasteiger partial charge >= 0.3 is 0 Å². The number of aliphatic hydroxyl groups excluding tert-OH is 1. The second-order valence-corrected chi connectivity index (χ2v) is 8.75. The van der Waals surface area contributed by atoms with Gasteiger partial charge in [-0.1, -0.05) is 6.07 Å². The van der Waals surface area contributed by atoms with Crippen molar-refractivity contribution < 1.29 is 18.3 Å². The molecule has 0 unspecified atom stereocenters. The average Bonchev–Trinajstić information content (AvgIpc) is 3.25. The van der Waals surface area contributed by atoms with E-state index < -0.39 is 22.0 Å². The Morgan fingerprint density at radius 2 is 1.96 bits per heavy atom. The molecule has 1 aliphatic rings. The molecule has 2 atom stereocenters. The van der Waals surface area contributed by atoms with Gasteiger partial charge in [0, 0.05) is 44.4 Å². The monoisotopic (exact) mass is 379 g/mol. The number of hydrogen-bond donors (Lipinski definition) is 1. The van der Waals surface area contributed by atoms with Crippen LogP contribution in [-0.2, 0) is 10.0 Å². The first-order chi connectivity index (χ1) is 12.3. The van der Waals surface area contributed by atoms with E-state index in [1.54, 1.807) is 22.8 Å². The van der Waals surface area contributed by atoms with Gasteiger partial charge in [0.05, 0.1) is 11.9 Å². The number of aromatic nitrogens is 3. The van der Waals surface area contributed by atoms with Gasteiger partial charge in [0.2, 0.25) is 10.0 Å². The Hall–Kier alpha value is -2.30. The highest BCUT2D eigenvalue weighted by Crippen LogP contribution is 2.22. The largest absolute Gasteiger partial charge is 0.391 e. The summed E-state index contributed by atoms with van der Waals surface area (Å²) in [6, 6.07) is 6.98. The highest BCUT2D eigenvalue weighted by atomic mass is 32.2. The minimum absolute atomic E-state index is 0.114. The first-order valence-electron chi connectivity index (χ1n) is 8.10. The van der Waals surface area contributed by atoms with E-state index in [-0.39, 0.29) is 24.7 Å². The van der Waals surface area contributed by atoms with E-state index in [1.807, 2.05) is 6.07 Å². The molecule has 1 N–H and O–H groups in total. The molecule has 3 rings (SSSR count). The summed E-state index contributed by atoms with van der Waals surface area (Å²) in [6.45, 7) is 0.313. The van der Waals surface area contributed by atoms with Crippen molar-refractivity contribution in [3.63, 3.8) is 0 Å². The fourth-order valence-corrected chi connectivity index (χ4v) is 4.09. The van der Waals surface area contributed by atoms with Gasteiger partial charge in [-0.3, -0.25) is 9.36 Å². The van der Waals surface area contributed by atoms with Crippen LogP contribution < -0.4 is 0 Å². The summed E-state index contributed by atoms with van der Waals surface area (Å²) in [5, 5.41) is 17.7. The van der Waals surface area contributed by atoms with Crippen LogP contribution in [0.3, 0.4) is 0 Å². The summed E-state index contributed by atoms with van der Waals surface area (Å²) in [7, 11) is -0.538. The Labute approximate surface area is 151 Å². The number of sulfonamides is 1. The molecule has 1 aromatic carbocycles. The zero-order valence-electron chi connectivity index (χ0n) is 14.6. The third-order valence-electron chi connectivity index (χ3n) is 4.48. The van der Waals surface area contributed by atoms with Gasteiger partial charge in [-0.05, 0) is 18.2 Å². The van der Waals surface area contributed by atoms with E-state index >= 15 is 0 Å². The van der Waals surface area contributed by atoms with Crippen molar-refractivity contribution in [1.29, 1.82) is 0 Å². The van der Waals surface area contributed by atoms with E-state index in [0.29, 0.717) is 5.56 Å². The summed E-state index contributed by atoms with van der Waals surface area (Å²) >= 11 is 0. The van der Waals surface area contributed by atoms with Crippen LogP contribution in [-0.4, -0.2) is 82.4 Å². The number of likely N-dealkylation sites (tertiary alicyclic amines) is 1. The second-order valence-electron chi connectivity index (χ2n) is 6.52. The lowest BCUT2D eigenvalue weighted by Crippen LogP contribution is -2.33. The van der Waals surface area contributed by atoms with Crippen LogP contribution in [0.5, 0.6) is 0 Å². The molecular formula is C16H21N5O4S. The predicted molar refractivity (Wildman–Crippen MR) is 94.2 cm³/mol. The number of amides is 1.